The minimum absolute atomic E-state index is 0.0345. The van der Waals surface area contributed by atoms with E-state index in [-0.39, 0.29) is 23.3 Å². The van der Waals surface area contributed by atoms with Gasteiger partial charge in [0.1, 0.15) is 11.7 Å². The molecule has 0 bridgehead atoms. The van der Waals surface area contributed by atoms with Gasteiger partial charge in [0.2, 0.25) is 0 Å². The standard InChI is InChI=1S/C23H36O4/c1-14(24)23(26)12-9-20-18-6-5-16-13-17(27-15(2)25)7-10-21(16,3)19(18)8-11-22(20,23)4/h16-20,26H,5-13H2,1-4H3/t16-,17-,18+,19-,20-,21-,22+,23+/m0/s1. The fourth-order valence-electron chi connectivity index (χ4n) is 8.15. The normalized spacial score (nSPS) is 51.7. The average molecular weight is 377 g/mol. The molecule has 0 aromatic heterocycles. The summed E-state index contributed by atoms with van der Waals surface area (Å²) in [5, 5.41) is 11.2. The maximum absolute atomic E-state index is 12.3. The van der Waals surface area contributed by atoms with Crippen molar-refractivity contribution in [2.24, 2.45) is 34.5 Å². The van der Waals surface area contributed by atoms with E-state index in [4.69, 9.17) is 4.74 Å². The van der Waals surface area contributed by atoms with Gasteiger partial charge in [0, 0.05) is 12.3 Å². The van der Waals surface area contributed by atoms with Crippen LogP contribution in [0.5, 0.6) is 0 Å². The lowest BCUT2D eigenvalue weighted by Gasteiger charge is -2.61. The van der Waals surface area contributed by atoms with Crippen molar-refractivity contribution in [3.63, 3.8) is 0 Å². The van der Waals surface area contributed by atoms with E-state index in [0.717, 1.165) is 38.5 Å². The number of rotatable bonds is 2. The molecular formula is C23H36O4. The van der Waals surface area contributed by atoms with Gasteiger partial charge in [-0.15, -0.1) is 0 Å². The Labute approximate surface area is 163 Å². The van der Waals surface area contributed by atoms with Crippen LogP contribution in [0.1, 0.15) is 85.5 Å². The maximum Gasteiger partial charge on any atom is 0.302 e. The summed E-state index contributed by atoms with van der Waals surface area (Å²) < 4.78 is 5.55. The van der Waals surface area contributed by atoms with Crippen LogP contribution >= 0.6 is 0 Å². The molecule has 0 saturated heterocycles. The topological polar surface area (TPSA) is 63.6 Å². The van der Waals surface area contributed by atoms with Gasteiger partial charge in [-0.05, 0) is 93.8 Å². The van der Waals surface area contributed by atoms with Gasteiger partial charge in [0.25, 0.3) is 0 Å². The third-order valence-electron chi connectivity index (χ3n) is 9.68. The Morgan fingerprint density at radius 3 is 2.30 bits per heavy atom. The second kappa shape index (κ2) is 6.30. The van der Waals surface area contributed by atoms with Crippen LogP contribution in [0.4, 0.5) is 0 Å². The summed E-state index contributed by atoms with van der Waals surface area (Å²) in [6.45, 7) is 7.76. The van der Waals surface area contributed by atoms with Crippen LogP contribution < -0.4 is 0 Å². The highest BCUT2D eigenvalue weighted by atomic mass is 16.5. The quantitative estimate of drug-likeness (QED) is 0.731. The number of fused-ring (bicyclic) bond motifs is 5. The highest BCUT2D eigenvalue weighted by Crippen LogP contribution is 2.68. The number of ketones is 1. The van der Waals surface area contributed by atoms with Crippen LogP contribution in [0, 0.1) is 34.5 Å². The highest BCUT2D eigenvalue weighted by Gasteiger charge is 2.66. The number of carbonyl (C=O) groups excluding carboxylic acids is 2. The van der Waals surface area contributed by atoms with E-state index >= 15 is 0 Å². The Bertz CT molecular complexity index is 644. The number of carbonyl (C=O) groups is 2. The minimum Gasteiger partial charge on any atom is -0.463 e. The average Bonchev–Trinajstić information content (AvgIpc) is 2.87. The van der Waals surface area contributed by atoms with Crippen LogP contribution in [0.2, 0.25) is 0 Å². The van der Waals surface area contributed by atoms with Crippen molar-refractivity contribution in [1.82, 2.24) is 0 Å². The molecule has 4 fully saturated rings. The van der Waals surface area contributed by atoms with Crippen molar-refractivity contribution in [3.8, 4) is 0 Å². The molecule has 0 aliphatic heterocycles. The predicted octanol–water partition coefficient (Wildman–Crippen LogP) is 4.28. The molecule has 4 aliphatic rings. The summed E-state index contributed by atoms with van der Waals surface area (Å²) in [6, 6.07) is 0. The SMILES string of the molecule is CC(=O)O[C@H]1CC[C@@]2(C)[C@@H](CC[C@@H]3[C@@H]2CC[C@]2(C)[C@H]3CC[C@@]2(O)C(C)=O)C1. The summed E-state index contributed by atoms with van der Waals surface area (Å²) in [6.07, 6.45) is 9.34. The molecule has 0 unspecified atom stereocenters. The fourth-order valence-corrected chi connectivity index (χ4v) is 8.15. The Morgan fingerprint density at radius 1 is 0.926 bits per heavy atom. The Morgan fingerprint density at radius 2 is 1.63 bits per heavy atom. The summed E-state index contributed by atoms with van der Waals surface area (Å²) >= 11 is 0. The lowest BCUT2D eigenvalue weighted by atomic mass is 9.44. The van der Waals surface area contributed by atoms with Crippen LogP contribution in [-0.4, -0.2) is 28.6 Å². The lowest BCUT2D eigenvalue weighted by Crippen LogP contribution is -2.58. The summed E-state index contributed by atoms with van der Waals surface area (Å²) in [5.41, 5.74) is -1.05. The van der Waals surface area contributed by atoms with Gasteiger partial charge in [0.05, 0.1) is 0 Å². The van der Waals surface area contributed by atoms with Gasteiger partial charge in [-0.25, -0.2) is 0 Å². The predicted molar refractivity (Wildman–Crippen MR) is 103 cm³/mol. The molecule has 0 spiro atoms. The number of ether oxygens (including phenoxy) is 1. The van der Waals surface area contributed by atoms with E-state index in [9.17, 15) is 14.7 Å². The smallest absolute Gasteiger partial charge is 0.302 e. The zero-order valence-corrected chi connectivity index (χ0v) is 17.4. The second-order valence-corrected chi connectivity index (χ2v) is 10.6. The maximum atomic E-state index is 12.3. The van der Waals surface area contributed by atoms with Crippen molar-refractivity contribution in [2.75, 3.05) is 0 Å². The molecule has 0 aromatic carbocycles. The molecule has 152 valence electrons. The monoisotopic (exact) mass is 376 g/mol. The van der Waals surface area contributed by atoms with Gasteiger partial charge in [-0.2, -0.15) is 0 Å². The largest absolute Gasteiger partial charge is 0.463 e. The lowest BCUT2D eigenvalue weighted by molar-refractivity contribution is -0.175. The third kappa shape index (κ3) is 2.65. The van der Waals surface area contributed by atoms with Gasteiger partial charge in [0.15, 0.2) is 5.78 Å². The number of hydrogen-bond donors (Lipinski definition) is 1. The number of Topliss-reactive ketones (excluding diaryl/α,β-unsaturated/α-hetero) is 1. The van der Waals surface area contributed by atoms with E-state index in [1.165, 1.54) is 19.8 Å². The summed E-state index contributed by atoms with van der Waals surface area (Å²) in [7, 11) is 0. The first kappa shape index (κ1) is 19.4. The van der Waals surface area contributed by atoms with Crippen molar-refractivity contribution in [2.45, 2.75) is 97.2 Å². The van der Waals surface area contributed by atoms with E-state index in [2.05, 4.69) is 13.8 Å². The van der Waals surface area contributed by atoms with Crippen molar-refractivity contribution >= 4 is 11.8 Å². The first-order valence-corrected chi connectivity index (χ1v) is 11.0. The molecule has 4 saturated carbocycles. The molecular weight excluding hydrogens is 340 g/mol. The third-order valence-corrected chi connectivity index (χ3v) is 9.68. The first-order chi connectivity index (χ1) is 12.6. The Balaban J connectivity index is 1.56. The zero-order valence-electron chi connectivity index (χ0n) is 17.4. The van der Waals surface area contributed by atoms with E-state index in [1.54, 1.807) is 6.92 Å². The fraction of sp³-hybridized carbons (Fsp3) is 0.913. The van der Waals surface area contributed by atoms with Crippen LogP contribution in [0.25, 0.3) is 0 Å². The molecule has 0 amide bonds. The van der Waals surface area contributed by atoms with E-state index in [1.807, 2.05) is 0 Å². The molecule has 0 aromatic rings. The molecule has 4 nitrogen and oxygen atoms in total. The summed E-state index contributed by atoms with van der Waals surface area (Å²) in [4.78, 5) is 23.7. The number of esters is 1. The van der Waals surface area contributed by atoms with Crippen molar-refractivity contribution in [1.29, 1.82) is 0 Å². The number of hydrogen-bond acceptors (Lipinski definition) is 4. The molecule has 8 atom stereocenters. The minimum atomic E-state index is -1.12. The Hall–Kier alpha value is -0.900. The molecule has 1 N–H and O–H groups in total. The second-order valence-electron chi connectivity index (χ2n) is 10.6. The van der Waals surface area contributed by atoms with E-state index < -0.39 is 5.60 Å². The van der Waals surface area contributed by atoms with Crippen LogP contribution in [0.3, 0.4) is 0 Å². The van der Waals surface area contributed by atoms with Gasteiger partial charge < -0.3 is 9.84 Å². The molecule has 27 heavy (non-hydrogen) atoms. The van der Waals surface area contributed by atoms with E-state index in [0.29, 0.717) is 35.5 Å². The molecule has 4 aliphatic carbocycles. The van der Waals surface area contributed by atoms with Crippen molar-refractivity contribution < 1.29 is 19.4 Å². The molecule has 0 radical (unpaired) electrons. The molecule has 4 heteroatoms. The van der Waals surface area contributed by atoms with Gasteiger partial charge >= 0.3 is 5.97 Å². The first-order valence-electron chi connectivity index (χ1n) is 11.0. The Kier molecular flexibility index (Phi) is 4.53. The van der Waals surface area contributed by atoms with Crippen molar-refractivity contribution in [3.05, 3.63) is 0 Å². The molecule has 0 heterocycles. The summed E-state index contributed by atoms with van der Waals surface area (Å²) in [5.74, 6) is 2.22. The number of aliphatic hydroxyl groups is 1. The van der Waals surface area contributed by atoms with Crippen LogP contribution in [0.15, 0.2) is 0 Å². The highest BCUT2D eigenvalue weighted by molar-refractivity contribution is 5.86. The van der Waals surface area contributed by atoms with Gasteiger partial charge in [-0.3, -0.25) is 9.59 Å². The van der Waals surface area contributed by atoms with Gasteiger partial charge in [-0.1, -0.05) is 13.8 Å². The molecule has 4 rings (SSSR count). The zero-order chi connectivity index (χ0) is 19.6. The van der Waals surface area contributed by atoms with Crippen LogP contribution in [-0.2, 0) is 14.3 Å².